The van der Waals surface area contributed by atoms with E-state index in [-0.39, 0.29) is 5.88 Å². The van der Waals surface area contributed by atoms with E-state index in [1.54, 1.807) is 11.8 Å². The van der Waals surface area contributed by atoms with E-state index in [2.05, 4.69) is 16.3 Å². The first kappa shape index (κ1) is 15.3. The molecule has 5 heteroatoms. The zero-order chi connectivity index (χ0) is 15.2. The number of hydrogen-bond donors (Lipinski definition) is 0. The van der Waals surface area contributed by atoms with Gasteiger partial charge in [-0.25, -0.2) is 0 Å². The fraction of sp³-hybridized carbons (Fsp3) is 0.312. The van der Waals surface area contributed by atoms with Crippen LogP contribution in [0.15, 0.2) is 29.2 Å². The van der Waals surface area contributed by atoms with Crippen LogP contribution in [0.2, 0.25) is 0 Å². The van der Waals surface area contributed by atoms with Crippen LogP contribution in [-0.4, -0.2) is 16.5 Å². The minimum Gasteiger partial charge on any atom is -0.435 e. The van der Waals surface area contributed by atoms with E-state index in [1.165, 1.54) is 0 Å². The van der Waals surface area contributed by atoms with Crippen molar-refractivity contribution in [2.45, 2.75) is 31.6 Å². The van der Waals surface area contributed by atoms with Gasteiger partial charge in [-0.15, -0.1) is 16.9 Å². The molecule has 108 valence electrons. The molecular formula is C16H17N3OS. The topological polar surface area (TPSA) is 58.8 Å². The lowest BCUT2D eigenvalue weighted by Crippen LogP contribution is -2.05. The fourth-order valence-corrected chi connectivity index (χ4v) is 2.67. The zero-order valence-corrected chi connectivity index (χ0v) is 13.2. The Kier molecular flexibility index (Phi) is 5.18. The molecule has 1 aromatic heterocycles. The molecule has 0 radical (unpaired) electrons. The molecule has 21 heavy (non-hydrogen) atoms. The van der Waals surface area contributed by atoms with Crippen LogP contribution in [0.3, 0.4) is 0 Å². The molecule has 0 atom stereocenters. The summed E-state index contributed by atoms with van der Waals surface area (Å²) in [5, 5.41) is 17.7. The number of aromatic nitrogens is 2. The third kappa shape index (κ3) is 3.17. The molecule has 2 aromatic rings. The molecule has 1 heterocycles. The highest BCUT2D eigenvalue weighted by Crippen LogP contribution is 2.32. The van der Waals surface area contributed by atoms with Crippen molar-refractivity contribution in [3.8, 4) is 17.7 Å². The normalized spacial score (nSPS) is 10.2. The highest BCUT2D eigenvalue weighted by Gasteiger charge is 2.16. The predicted octanol–water partition coefficient (Wildman–Crippen LogP) is 3.99. The Morgan fingerprint density at radius 2 is 1.95 bits per heavy atom. The van der Waals surface area contributed by atoms with Crippen LogP contribution in [0.4, 0.5) is 0 Å². The molecule has 0 saturated carbocycles. The fourth-order valence-electron chi connectivity index (χ4n) is 2.15. The summed E-state index contributed by atoms with van der Waals surface area (Å²) in [6.07, 6.45) is 3.48. The maximum absolute atomic E-state index is 9.45. The SMILES string of the molecule is CCc1nnc(Oc2ccccc2SC)c(C#N)c1CC. The van der Waals surface area contributed by atoms with E-state index < -0.39 is 0 Å². The second-order valence-corrected chi connectivity index (χ2v) is 5.23. The van der Waals surface area contributed by atoms with Gasteiger partial charge in [-0.3, -0.25) is 0 Å². The van der Waals surface area contributed by atoms with Crippen LogP contribution in [0.25, 0.3) is 0 Å². The van der Waals surface area contributed by atoms with Crippen LogP contribution in [0.5, 0.6) is 11.6 Å². The lowest BCUT2D eigenvalue weighted by Gasteiger charge is -2.12. The molecule has 1 aromatic carbocycles. The predicted molar refractivity (Wildman–Crippen MR) is 83.8 cm³/mol. The average molecular weight is 299 g/mol. The van der Waals surface area contributed by atoms with E-state index in [9.17, 15) is 5.26 Å². The first-order valence-electron chi connectivity index (χ1n) is 6.84. The summed E-state index contributed by atoms with van der Waals surface area (Å²) in [7, 11) is 0. The Morgan fingerprint density at radius 3 is 2.57 bits per heavy atom. The second kappa shape index (κ2) is 7.09. The molecule has 0 spiro atoms. The highest BCUT2D eigenvalue weighted by atomic mass is 32.2. The first-order valence-corrected chi connectivity index (χ1v) is 8.06. The van der Waals surface area contributed by atoms with E-state index >= 15 is 0 Å². The molecule has 0 bridgehead atoms. The quantitative estimate of drug-likeness (QED) is 0.781. The maximum Gasteiger partial charge on any atom is 0.257 e. The molecule has 0 aliphatic heterocycles. The zero-order valence-electron chi connectivity index (χ0n) is 12.4. The molecule has 0 saturated heterocycles. The van der Waals surface area contributed by atoms with Crippen LogP contribution in [0.1, 0.15) is 30.7 Å². The minimum absolute atomic E-state index is 0.285. The Bertz CT molecular complexity index is 680. The van der Waals surface area contributed by atoms with E-state index in [0.29, 0.717) is 11.3 Å². The van der Waals surface area contributed by atoms with Crippen molar-refractivity contribution in [2.75, 3.05) is 6.26 Å². The first-order chi connectivity index (χ1) is 10.2. The van der Waals surface area contributed by atoms with Gasteiger partial charge in [0, 0.05) is 4.90 Å². The van der Waals surface area contributed by atoms with Gasteiger partial charge in [-0.1, -0.05) is 26.0 Å². The number of aryl methyl sites for hydroxylation is 1. The summed E-state index contributed by atoms with van der Waals surface area (Å²) in [5.41, 5.74) is 2.27. The van der Waals surface area contributed by atoms with Gasteiger partial charge >= 0.3 is 0 Å². The molecule has 0 unspecified atom stereocenters. The Morgan fingerprint density at radius 1 is 1.19 bits per heavy atom. The van der Waals surface area contributed by atoms with E-state index in [4.69, 9.17) is 4.74 Å². The van der Waals surface area contributed by atoms with Gasteiger partial charge in [0.2, 0.25) is 0 Å². The van der Waals surface area contributed by atoms with Crippen molar-refractivity contribution in [1.82, 2.24) is 10.2 Å². The molecule has 0 aliphatic carbocycles. The molecule has 4 nitrogen and oxygen atoms in total. The Labute approximate surface area is 129 Å². The number of nitrogens with zero attached hydrogens (tertiary/aromatic N) is 3. The average Bonchev–Trinajstić information content (AvgIpc) is 2.54. The van der Waals surface area contributed by atoms with Gasteiger partial charge in [0.05, 0.1) is 5.69 Å². The number of thioether (sulfide) groups is 1. The monoisotopic (exact) mass is 299 g/mol. The Hall–Kier alpha value is -2.06. The summed E-state index contributed by atoms with van der Waals surface area (Å²) in [6.45, 7) is 4.02. The van der Waals surface area contributed by atoms with Crippen LogP contribution >= 0.6 is 11.8 Å². The van der Waals surface area contributed by atoms with Crippen molar-refractivity contribution in [3.63, 3.8) is 0 Å². The summed E-state index contributed by atoms with van der Waals surface area (Å²) in [6, 6.07) is 9.91. The summed E-state index contributed by atoms with van der Waals surface area (Å²) in [4.78, 5) is 1.00. The number of benzene rings is 1. The molecule has 0 aliphatic rings. The second-order valence-electron chi connectivity index (χ2n) is 4.38. The van der Waals surface area contributed by atoms with Gasteiger partial charge in [-0.05, 0) is 36.8 Å². The maximum atomic E-state index is 9.45. The van der Waals surface area contributed by atoms with E-state index in [0.717, 1.165) is 29.0 Å². The molecule has 0 fully saturated rings. The minimum atomic E-state index is 0.285. The van der Waals surface area contributed by atoms with Gasteiger partial charge in [0.15, 0.2) is 0 Å². The number of ether oxygens (including phenoxy) is 1. The third-order valence-electron chi connectivity index (χ3n) is 3.20. The van der Waals surface area contributed by atoms with Gasteiger partial charge in [-0.2, -0.15) is 10.4 Å². The number of nitriles is 1. The molecule has 0 N–H and O–H groups in total. The third-order valence-corrected chi connectivity index (χ3v) is 3.98. The van der Waals surface area contributed by atoms with Gasteiger partial charge < -0.3 is 4.74 Å². The smallest absolute Gasteiger partial charge is 0.257 e. The summed E-state index contributed by atoms with van der Waals surface area (Å²) in [5.74, 6) is 0.982. The largest absolute Gasteiger partial charge is 0.435 e. The lowest BCUT2D eigenvalue weighted by atomic mass is 10.0. The lowest BCUT2D eigenvalue weighted by molar-refractivity contribution is 0.441. The summed E-state index contributed by atoms with van der Waals surface area (Å²) < 4.78 is 5.85. The van der Waals surface area contributed by atoms with Crippen molar-refractivity contribution in [1.29, 1.82) is 5.26 Å². The van der Waals surface area contributed by atoms with Crippen molar-refractivity contribution < 1.29 is 4.74 Å². The molecular weight excluding hydrogens is 282 g/mol. The number of para-hydroxylation sites is 1. The van der Waals surface area contributed by atoms with Crippen LogP contribution < -0.4 is 4.74 Å². The number of rotatable bonds is 5. The van der Waals surface area contributed by atoms with Crippen molar-refractivity contribution >= 4 is 11.8 Å². The van der Waals surface area contributed by atoms with Crippen molar-refractivity contribution in [2.24, 2.45) is 0 Å². The van der Waals surface area contributed by atoms with Crippen LogP contribution in [-0.2, 0) is 12.8 Å². The van der Waals surface area contributed by atoms with Gasteiger partial charge in [0.25, 0.3) is 5.88 Å². The Balaban J connectivity index is 2.48. The van der Waals surface area contributed by atoms with E-state index in [1.807, 2.05) is 44.4 Å². The highest BCUT2D eigenvalue weighted by molar-refractivity contribution is 7.98. The standard InChI is InChI=1S/C16H17N3OS/c1-4-11-12(10-17)16(19-18-13(11)5-2)20-14-8-6-7-9-15(14)21-3/h6-9H,4-5H2,1-3H3. The van der Waals surface area contributed by atoms with Crippen molar-refractivity contribution in [3.05, 3.63) is 41.1 Å². The summed E-state index contributed by atoms with van der Waals surface area (Å²) >= 11 is 1.59. The molecule has 0 amide bonds. The number of hydrogen-bond acceptors (Lipinski definition) is 5. The molecule has 2 rings (SSSR count). The van der Waals surface area contributed by atoms with Crippen LogP contribution in [0, 0.1) is 11.3 Å². The van der Waals surface area contributed by atoms with Gasteiger partial charge in [0.1, 0.15) is 17.4 Å².